The molecular weight excluding hydrogens is 273 g/mol. The first kappa shape index (κ1) is 13.2. The van der Waals surface area contributed by atoms with Gasteiger partial charge in [-0.1, -0.05) is 0 Å². The maximum absolute atomic E-state index is 12.7. The highest BCUT2D eigenvalue weighted by molar-refractivity contribution is 6.04. The molecule has 8 heteroatoms. The van der Waals surface area contributed by atoms with E-state index in [1.165, 1.54) is 11.9 Å². The summed E-state index contributed by atoms with van der Waals surface area (Å²) in [7, 11) is 1.48. The van der Waals surface area contributed by atoms with Gasteiger partial charge in [0.25, 0.3) is 5.91 Å². The average Bonchev–Trinajstić information content (AvgIpc) is 2.43. The summed E-state index contributed by atoms with van der Waals surface area (Å²) >= 11 is 0. The number of piperazine rings is 1. The minimum Gasteiger partial charge on any atom is -0.340 e. The second-order valence-electron chi connectivity index (χ2n) is 4.88. The second-order valence-corrected chi connectivity index (χ2v) is 4.88. The lowest BCUT2D eigenvalue weighted by molar-refractivity contribution is -0.137. The van der Waals surface area contributed by atoms with Crippen molar-refractivity contribution in [1.82, 2.24) is 10.3 Å². The van der Waals surface area contributed by atoms with Crippen LogP contribution in [-0.4, -0.2) is 43.6 Å². The Hall–Kier alpha value is -1.83. The molecule has 2 aliphatic rings. The van der Waals surface area contributed by atoms with Crippen molar-refractivity contribution in [3.63, 3.8) is 0 Å². The molecule has 1 aromatic heterocycles. The summed E-state index contributed by atoms with van der Waals surface area (Å²) in [5.74, 6) is 0.220. The number of nitrogens with one attached hydrogen (secondary N) is 1. The first-order valence-corrected chi connectivity index (χ1v) is 6.22. The van der Waals surface area contributed by atoms with Gasteiger partial charge in [-0.25, -0.2) is 4.98 Å². The van der Waals surface area contributed by atoms with Gasteiger partial charge < -0.3 is 15.1 Å². The molecule has 5 nitrogen and oxygen atoms in total. The number of nitrogens with zero attached hydrogens (tertiary/aromatic N) is 3. The lowest BCUT2D eigenvalue weighted by Crippen LogP contribution is -2.61. The molecular formula is C12H13F3N4O. The molecule has 3 rings (SSSR count). The minimum atomic E-state index is -4.47. The highest BCUT2D eigenvalue weighted by Gasteiger charge is 2.40. The standard InChI is InChI=1S/C12H13F3N4O/c1-18-8-4-7(12(13,14)15)5-17-10(8)19-3-2-16-6-9(19)11(18)20/h4-5,9,16H,2-3,6H2,1H3/t9-/m0/s1. The summed E-state index contributed by atoms with van der Waals surface area (Å²) in [5.41, 5.74) is -0.632. The van der Waals surface area contributed by atoms with Gasteiger partial charge in [0.1, 0.15) is 6.04 Å². The Morgan fingerprint density at radius 2 is 2.20 bits per heavy atom. The van der Waals surface area contributed by atoms with Gasteiger partial charge in [0.2, 0.25) is 0 Å². The summed E-state index contributed by atoms with van der Waals surface area (Å²) in [5, 5.41) is 3.10. The zero-order valence-electron chi connectivity index (χ0n) is 10.7. The lowest BCUT2D eigenvalue weighted by atomic mass is 10.1. The summed E-state index contributed by atoms with van der Waals surface area (Å²) in [6, 6.07) is 0.587. The molecule has 20 heavy (non-hydrogen) atoms. The molecule has 0 aliphatic carbocycles. The fraction of sp³-hybridized carbons (Fsp3) is 0.500. The van der Waals surface area contributed by atoms with E-state index in [2.05, 4.69) is 10.3 Å². The fourth-order valence-corrected chi connectivity index (χ4v) is 2.59. The Morgan fingerprint density at radius 1 is 1.45 bits per heavy atom. The fourth-order valence-electron chi connectivity index (χ4n) is 2.59. The monoisotopic (exact) mass is 286 g/mol. The number of alkyl halides is 3. The summed E-state index contributed by atoms with van der Waals surface area (Å²) in [4.78, 5) is 19.2. The quantitative estimate of drug-likeness (QED) is 0.768. The Morgan fingerprint density at radius 3 is 2.90 bits per heavy atom. The van der Waals surface area contributed by atoms with Crippen LogP contribution in [-0.2, 0) is 11.0 Å². The van der Waals surface area contributed by atoms with E-state index in [4.69, 9.17) is 0 Å². The second kappa shape index (κ2) is 4.34. The van der Waals surface area contributed by atoms with Crippen LogP contribution in [0.15, 0.2) is 12.3 Å². The molecule has 0 bridgehead atoms. The van der Waals surface area contributed by atoms with Crippen molar-refractivity contribution in [3.05, 3.63) is 17.8 Å². The largest absolute Gasteiger partial charge is 0.417 e. The molecule has 0 saturated carbocycles. The van der Waals surface area contributed by atoms with Gasteiger partial charge in [-0.2, -0.15) is 13.2 Å². The van der Waals surface area contributed by atoms with E-state index >= 15 is 0 Å². The molecule has 0 aromatic carbocycles. The van der Waals surface area contributed by atoms with Gasteiger partial charge in [-0.05, 0) is 6.07 Å². The minimum absolute atomic E-state index is 0.211. The molecule has 1 N–H and O–H groups in total. The first-order valence-electron chi connectivity index (χ1n) is 6.22. The lowest BCUT2D eigenvalue weighted by Gasteiger charge is -2.43. The van der Waals surface area contributed by atoms with E-state index in [1.54, 1.807) is 4.90 Å². The smallest absolute Gasteiger partial charge is 0.340 e. The number of hydrogen-bond acceptors (Lipinski definition) is 4. The molecule has 1 fully saturated rings. The zero-order chi connectivity index (χ0) is 14.5. The van der Waals surface area contributed by atoms with Crippen LogP contribution in [0.4, 0.5) is 24.7 Å². The van der Waals surface area contributed by atoms with Crippen molar-refractivity contribution in [2.75, 3.05) is 36.5 Å². The van der Waals surface area contributed by atoms with E-state index in [0.717, 1.165) is 12.3 Å². The molecule has 1 atom stereocenters. The van der Waals surface area contributed by atoms with Crippen molar-refractivity contribution in [2.24, 2.45) is 0 Å². The van der Waals surface area contributed by atoms with E-state index in [9.17, 15) is 18.0 Å². The highest BCUT2D eigenvalue weighted by atomic mass is 19.4. The molecule has 2 aliphatic heterocycles. The Labute approximate surface area is 113 Å². The highest BCUT2D eigenvalue weighted by Crippen LogP contribution is 2.38. The van der Waals surface area contributed by atoms with E-state index in [-0.39, 0.29) is 11.6 Å². The van der Waals surface area contributed by atoms with Crippen LogP contribution in [0.2, 0.25) is 0 Å². The van der Waals surface area contributed by atoms with Gasteiger partial charge in [-0.15, -0.1) is 0 Å². The topological polar surface area (TPSA) is 48.5 Å². The Kier molecular flexibility index (Phi) is 2.86. The zero-order valence-corrected chi connectivity index (χ0v) is 10.7. The number of fused-ring (bicyclic) bond motifs is 3. The van der Waals surface area contributed by atoms with Gasteiger partial charge in [0, 0.05) is 32.9 Å². The van der Waals surface area contributed by atoms with Crippen LogP contribution in [0.3, 0.4) is 0 Å². The molecule has 0 spiro atoms. The molecule has 1 amide bonds. The third-order valence-electron chi connectivity index (χ3n) is 3.67. The summed E-state index contributed by atoms with van der Waals surface area (Å²) < 4.78 is 38.2. The Bertz CT molecular complexity index is 560. The van der Waals surface area contributed by atoms with Gasteiger partial charge in [0.05, 0.1) is 11.3 Å². The predicted molar refractivity (Wildman–Crippen MR) is 66.7 cm³/mol. The average molecular weight is 286 g/mol. The molecule has 0 unspecified atom stereocenters. The van der Waals surface area contributed by atoms with Crippen molar-refractivity contribution in [3.8, 4) is 0 Å². The van der Waals surface area contributed by atoms with Crippen LogP contribution in [0.1, 0.15) is 5.56 Å². The van der Waals surface area contributed by atoms with Crippen LogP contribution in [0.5, 0.6) is 0 Å². The van der Waals surface area contributed by atoms with Crippen molar-refractivity contribution in [2.45, 2.75) is 12.2 Å². The number of amides is 1. The Balaban J connectivity index is 2.09. The third kappa shape index (κ3) is 1.91. The summed E-state index contributed by atoms with van der Waals surface area (Å²) in [6.45, 7) is 1.70. The predicted octanol–water partition coefficient (Wildman–Crippen LogP) is 0.855. The molecule has 1 aromatic rings. The third-order valence-corrected chi connectivity index (χ3v) is 3.67. The SMILES string of the molecule is CN1C(=O)[C@@H]2CNCCN2c2ncc(C(F)(F)F)cc21. The van der Waals surface area contributed by atoms with E-state index in [1.807, 2.05) is 0 Å². The van der Waals surface area contributed by atoms with Crippen LogP contribution in [0, 0.1) is 0 Å². The maximum Gasteiger partial charge on any atom is 0.417 e. The molecule has 1 saturated heterocycles. The molecule has 0 radical (unpaired) electrons. The number of pyridine rings is 1. The number of rotatable bonds is 0. The van der Waals surface area contributed by atoms with Crippen LogP contribution >= 0.6 is 0 Å². The number of anilines is 2. The number of halogens is 3. The maximum atomic E-state index is 12.7. The number of likely N-dealkylation sites (N-methyl/N-ethyl adjacent to an activating group) is 1. The van der Waals surface area contributed by atoms with Gasteiger partial charge in [0.15, 0.2) is 5.82 Å². The van der Waals surface area contributed by atoms with Crippen molar-refractivity contribution >= 4 is 17.4 Å². The number of hydrogen-bond donors (Lipinski definition) is 1. The number of carbonyl (C=O) groups excluding carboxylic acids is 1. The molecule has 3 heterocycles. The van der Waals surface area contributed by atoms with Crippen molar-refractivity contribution in [1.29, 1.82) is 0 Å². The number of aromatic nitrogens is 1. The normalized spacial score (nSPS) is 22.6. The van der Waals surface area contributed by atoms with Gasteiger partial charge >= 0.3 is 6.18 Å². The van der Waals surface area contributed by atoms with E-state index < -0.39 is 17.8 Å². The van der Waals surface area contributed by atoms with Crippen LogP contribution < -0.4 is 15.1 Å². The summed E-state index contributed by atoms with van der Waals surface area (Å²) in [6.07, 6.45) is -3.65. The van der Waals surface area contributed by atoms with Crippen molar-refractivity contribution < 1.29 is 18.0 Å². The first-order chi connectivity index (χ1) is 9.39. The number of carbonyl (C=O) groups is 1. The van der Waals surface area contributed by atoms with E-state index in [0.29, 0.717) is 25.5 Å². The van der Waals surface area contributed by atoms with Gasteiger partial charge in [-0.3, -0.25) is 4.79 Å². The molecule has 108 valence electrons. The van der Waals surface area contributed by atoms with Crippen LogP contribution in [0.25, 0.3) is 0 Å².